The largest absolute Gasteiger partial charge is 0.363 e. The van der Waals surface area contributed by atoms with E-state index < -0.39 is 0 Å². The molecule has 1 aromatic carbocycles. The molecule has 17 heavy (non-hydrogen) atoms. The minimum absolute atomic E-state index is 0.274. The molecule has 0 N–H and O–H groups in total. The maximum absolute atomic E-state index is 6.49. The van der Waals surface area contributed by atoms with Crippen molar-refractivity contribution in [2.24, 2.45) is 0 Å². The SMILES string of the molecule is Cl[C@@H]1CC[C@H]2[C@@H](Cl)CC[C@@H]1N2c1ccccc1. The van der Waals surface area contributed by atoms with E-state index in [0.717, 1.165) is 25.7 Å². The molecule has 0 amide bonds. The standard InChI is InChI=1S/C14H17Cl2N/c15-11-6-8-13-12(16)7-9-14(11)17(13)10-4-2-1-3-5-10/h1-5,11-14H,6-9H2/t11-,12+,13-,14-/m0/s1. The van der Waals surface area contributed by atoms with Gasteiger partial charge in [-0.1, -0.05) is 18.2 Å². The lowest BCUT2D eigenvalue weighted by Crippen LogP contribution is -2.58. The average Bonchev–Trinajstić information content (AvgIpc) is 2.37. The average molecular weight is 270 g/mol. The Morgan fingerprint density at radius 2 is 1.35 bits per heavy atom. The quantitative estimate of drug-likeness (QED) is 0.696. The fourth-order valence-corrected chi connectivity index (χ4v) is 4.01. The summed E-state index contributed by atoms with van der Waals surface area (Å²) in [5.41, 5.74) is 1.28. The molecule has 0 aromatic heterocycles. The molecule has 3 rings (SSSR count). The van der Waals surface area contributed by atoms with E-state index in [2.05, 4.69) is 35.2 Å². The first kappa shape index (κ1) is 11.7. The Morgan fingerprint density at radius 3 is 1.88 bits per heavy atom. The van der Waals surface area contributed by atoms with E-state index in [-0.39, 0.29) is 10.8 Å². The lowest BCUT2D eigenvalue weighted by atomic mass is 9.83. The van der Waals surface area contributed by atoms with Gasteiger partial charge >= 0.3 is 0 Å². The predicted molar refractivity (Wildman–Crippen MR) is 74.2 cm³/mol. The van der Waals surface area contributed by atoms with Gasteiger partial charge in [-0.05, 0) is 37.8 Å². The van der Waals surface area contributed by atoms with E-state index in [4.69, 9.17) is 23.2 Å². The second-order valence-electron chi connectivity index (χ2n) is 5.06. The lowest BCUT2D eigenvalue weighted by molar-refractivity contribution is 0.305. The molecule has 1 aromatic rings. The van der Waals surface area contributed by atoms with Crippen LogP contribution in [-0.2, 0) is 0 Å². The van der Waals surface area contributed by atoms with Crippen LogP contribution < -0.4 is 4.90 Å². The molecule has 2 bridgehead atoms. The molecule has 2 aliphatic rings. The zero-order valence-electron chi connectivity index (χ0n) is 9.73. The van der Waals surface area contributed by atoms with E-state index in [1.54, 1.807) is 0 Å². The van der Waals surface area contributed by atoms with Crippen molar-refractivity contribution in [1.29, 1.82) is 0 Å². The zero-order chi connectivity index (χ0) is 11.8. The van der Waals surface area contributed by atoms with Gasteiger partial charge in [0.25, 0.3) is 0 Å². The highest BCUT2D eigenvalue weighted by atomic mass is 35.5. The highest BCUT2D eigenvalue weighted by Crippen LogP contribution is 2.41. The number of anilines is 1. The molecule has 92 valence electrons. The van der Waals surface area contributed by atoms with Gasteiger partial charge < -0.3 is 4.90 Å². The summed E-state index contributed by atoms with van der Waals surface area (Å²) in [4.78, 5) is 2.47. The first-order valence-electron chi connectivity index (χ1n) is 6.39. The highest BCUT2D eigenvalue weighted by molar-refractivity contribution is 6.22. The Bertz CT molecular complexity index is 363. The van der Waals surface area contributed by atoms with Crippen LogP contribution in [0.15, 0.2) is 30.3 Å². The molecule has 0 aliphatic carbocycles. The third-order valence-corrected chi connectivity index (χ3v) is 5.10. The molecule has 0 spiro atoms. The molecular weight excluding hydrogens is 253 g/mol. The van der Waals surface area contributed by atoms with Crippen molar-refractivity contribution in [3.63, 3.8) is 0 Å². The third kappa shape index (κ3) is 2.04. The van der Waals surface area contributed by atoms with E-state index in [0.29, 0.717) is 12.1 Å². The van der Waals surface area contributed by atoms with Gasteiger partial charge in [-0.15, -0.1) is 23.2 Å². The second kappa shape index (κ2) is 4.70. The van der Waals surface area contributed by atoms with Crippen LogP contribution in [0, 0.1) is 0 Å². The second-order valence-corrected chi connectivity index (χ2v) is 6.19. The Hall–Kier alpha value is -0.400. The van der Waals surface area contributed by atoms with Gasteiger partial charge in [0.2, 0.25) is 0 Å². The van der Waals surface area contributed by atoms with Gasteiger partial charge in [0.15, 0.2) is 0 Å². The van der Waals surface area contributed by atoms with E-state index in [1.165, 1.54) is 5.69 Å². The summed E-state index contributed by atoms with van der Waals surface area (Å²) in [7, 11) is 0. The molecule has 0 saturated carbocycles. The van der Waals surface area contributed by atoms with E-state index in [9.17, 15) is 0 Å². The fraction of sp³-hybridized carbons (Fsp3) is 0.571. The number of rotatable bonds is 1. The van der Waals surface area contributed by atoms with Crippen LogP contribution in [0.2, 0.25) is 0 Å². The van der Waals surface area contributed by atoms with Crippen molar-refractivity contribution in [3.05, 3.63) is 30.3 Å². The maximum atomic E-state index is 6.49. The van der Waals surface area contributed by atoms with Crippen molar-refractivity contribution in [3.8, 4) is 0 Å². The summed E-state index contributed by atoms with van der Waals surface area (Å²) >= 11 is 13.0. The van der Waals surface area contributed by atoms with Crippen molar-refractivity contribution in [1.82, 2.24) is 0 Å². The van der Waals surface area contributed by atoms with Crippen LogP contribution in [0.5, 0.6) is 0 Å². The van der Waals surface area contributed by atoms with Gasteiger partial charge in [0.1, 0.15) is 0 Å². The Morgan fingerprint density at radius 1 is 0.824 bits per heavy atom. The number of piperidine rings is 2. The fourth-order valence-electron chi connectivity index (χ4n) is 3.26. The summed E-state index contributed by atoms with van der Waals surface area (Å²) in [6.07, 6.45) is 4.44. The summed E-state index contributed by atoms with van der Waals surface area (Å²) in [5.74, 6) is 0. The van der Waals surface area contributed by atoms with Crippen molar-refractivity contribution < 1.29 is 0 Å². The van der Waals surface area contributed by atoms with Gasteiger partial charge in [-0.3, -0.25) is 0 Å². The topological polar surface area (TPSA) is 3.24 Å². The minimum Gasteiger partial charge on any atom is -0.363 e. The lowest BCUT2D eigenvalue weighted by Gasteiger charge is -2.51. The summed E-state index contributed by atoms with van der Waals surface area (Å²) in [6.45, 7) is 0. The molecule has 2 saturated heterocycles. The number of hydrogen-bond donors (Lipinski definition) is 0. The first-order chi connectivity index (χ1) is 8.27. The van der Waals surface area contributed by atoms with Gasteiger partial charge in [0, 0.05) is 17.8 Å². The normalized spacial score (nSPS) is 36.9. The van der Waals surface area contributed by atoms with E-state index in [1.807, 2.05) is 0 Å². The van der Waals surface area contributed by atoms with Gasteiger partial charge in [-0.25, -0.2) is 0 Å². The first-order valence-corrected chi connectivity index (χ1v) is 7.26. The number of halogens is 2. The molecule has 3 heteroatoms. The number of para-hydroxylation sites is 1. The van der Waals surface area contributed by atoms with Crippen molar-refractivity contribution >= 4 is 28.9 Å². The van der Waals surface area contributed by atoms with Gasteiger partial charge in [0.05, 0.1) is 10.8 Å². The molecule has 2 fully saturated rings. The molecule has 4 atom stereocenters. The number of nitrogens with zero attached hydrogens (tertiary/aromatic N) is 1. The number of hydrogen-bond acceptors (Lipinski definition) is 1. The van der Waals surface area contributed by atoms with Crippen LogP contribution >= 0.6 is 23.2 Å². The summed E-state index contributed by atoms with van der Waals surface area (Å²) in [5, 5.41) is 0.547. The predicted octanol–water partition coefficient (Wildman–Crippen LogP) is 4.03. The van der Waals surface area contributed by atoms with E-state index >= 15 is 0 Å². The number of benzene rings is 1. The van der Waals surface area contributed by atoms with Crippen molar-refractivity contribution in [2.75, 3.05) is 4.90 Å². The summed E-state index contributed by atoms with van der Waals surface area (Å²) < 4.78 is 0. The van der Waals surface area contributed by atoms with Crippen LogP contribution in [0.3, 0.4) is 0 Å². The van der Waals surface area contributed by atoms with Crippen molar-refractivity contribution in [2.45, 2.75) is 48.5 Å². The Labute approximate surface area is 113 Å². The highest BCUT2D eigenvalue weighted by Gasteiger charge is 2.43. The smallest absolute Gasteiger partial charge is 0.0540 e. The maximum Gasteiger partial charge on any atom is 0.0540 e. The molecule has 2 aliphatic heterocycles. The number of alkyl halides is 2. The van der Waals surface area contributed by atoms with Crippen LogP contribution in [0.4, 0.5) is 5.69 Å². The Kier molecular flexibility index (Phi) is 3.23. The Balaban J connectivity index is 1.95. The van der Waals surface area contributed by atoms with Gasteiger partial charge in [-0.2, -0.15) is 0 Å². The molecule has 0 radical (unpaired) electrons. The molecule has 2 heterocycles. The third-order valence-electron chi connectivity index (χ3n) is 4.08. The zero-order valence-corrected chi connectivity index (χ0v) is 11.2. The monoisotopic (exact) mass is 269 g/mol. The number of fused-ring (bicyclic) bond motifs is 2. The van der Waals surface area contributed by atoms with Crippen LogP contribution in [-0.4, -0.2) is 22.8 Å². The minimum atomic E-state index is 0.274. The van der Waals surface area contributed by atoms with Crippen LogP contribution in [0.25, 0.3) is 0 Å². The molecule has 1 nitrogen and oxygen atoms in total. The summed E-state index contributed by atoms with van der Waals surface area (Å²) in [6, 6.07) is 11.5. The van der Waals surface area contributed by atoms with Crippen LogP contribution in [0.1, 0.15) is 25.7 Å². The molecule has 0 unspecified atom stereocenters. The molecular formula is C14H17Cl2N.